The number of aromatic nitrogens is 4. The molecule has 1 atom stereocenters. The standard InChI is InChI=1S/C15H26N6O2/c1-12-3-6-20(7-4-12)9-14-16-17-18-21(14)10-15(22)19(2)13-5-8-23-11-13/h12-13H,3-11H2,1-2H3. The minimum absolute atomic E-state index is 0.0290. The predicted molar refractivity (Wildman–Crippen MR) is 83.5 cm³/mol. The SMILES string of the molecule is CC1CCN(Cc2nnnn2CC(=O)N(C)C2CCOC2)CC1. The Labute approximate surface area is 136 Å². The van der Waals surface area contributed by atoms with E-state index in [-0.39, 0.29) is 18.5 Å². The van der Waals surface area contributed by atoms with Crippen LogP contribution in [-0.4, -0.2) is 75.3 Å². The van der Waals surface area contributed by atoms with E-state index in [9.17, 15) is 4.79 Å². The van der Waals surface area contributed by atoms with Gasteiger partial charge in [-0.3, -0.25) is 9.69 Å². The third kappa shape index (κ3) is 4.06. The number of hydrogen-bond acceptors (Lipinski definition) is 6. The van der Waals surface area contributed by atoms with Gasteiger partial charge in [-0.05, 0) is 48.7 Å². The zero-order valence-corrected chi connectivity index (χ0v) is 14.0. The van der Waals surface area contributed by atoms with Crippen molar-refractivity contribution in [1.29, 1.82) is 0 Å². The van der Waals surface area contributed by atoms with Crippen molar-refractivity contribution in [3.8, 4) is 0 Å². The molecule has 1 aromatic rings. The Hall–Kier alpha value is -1.54. The largest absolute Gasteiger partial charge is 0.379 e. The van der Waals surface area contributed by atoms with Gasteiger partial charge in [-0.25, -0.2) is 4.68 Å². The maximum absolute atomic E-state index is 12.4. The number of hydrogen-bond donors (Lipinski definition) is 0. The molecular formula is C15H26N6O2. The lowest BCUT2D eigenvalue weighted by Crippen LogP contribution is -2.40. The summed E-state index contributed by atoms with van der Waals surface area (Å²) in [6.45, 7) is 6.69. The fourth-order valence-electron chi connectivity index (χ4n) is 3.15. The highest BCUT2D eigenvalue weighted by Gasteiger charge is 2.25. The van der Waals surface area contributed by atoms with Gasteiger partial charge in [0.2, 0.25) is 5.91 Å². The van der Waals surface area contributed by atoms with Gasteiger partial charge in [-0.15, -0.1) is 5.10 Å². The summed E-state index contributed by atoms with van der Waals surface area (Å²) in [5.74, 6) is 1.59. The molecule has 0 N–H and O–H groups in total. The first-order valence-electron chi connectivity index (χ1n) is 8.44. The van der Waals surface area contributed by atoms with Crippen LogP contribution in [0.15, 0.2) is 0 Å². The molecule has 0 spiro atoms. The second-order valence-corrected chi connectivity index (χ2v) is 6.73. The van der Waals surface area contributed by atoms with Crippen LogP contribution in [0.3, 0.4) is 0 Å². The molecule has 3 rings (SSSR count). The molecule has 0 aliphatic carbocycles. The van der Waals surface area contributed by atoms with Gasteiger partial charge in [0.15, 0.2) is 5.82 Å². The van der Waals surface area contributed by atoms with E-state index in [0.717, 1.165) is 37.9 Å². The molecule has 23 heavy (non-hydrogen) atoms. The highest BCUT2D eigenvalue weighted by atomic mass is 16.5. The van der Waals surface area contributed by atoms with Crippen LogP contribution in [0.5, 0.6) is 0 Å². The highest BCUT2D eigenvalue weighted by molar-refractivity contribution is 5.76. The minimum Gasteiger partial charge on any atom is -0.379 e. The molecule has 2 fully saturated rings. The van der Waals surface area contributed by atoms with Gasteiger partial charge in [-0.1, -0.05) is 6.92 Å². The van der Waals surface area contributed by atoms with Crippen LogP contribution in [0.2, 0.25) is 0 Å². The summed E-state index contributed by atoms with van der Waals surface area (Å²) < 4.78 is 6.98. The zero-order chi connectivity index (χ0) is 16.2. The Morgan fingerprint density at radius 2 is 2.13 bits per heavy atom. The van der Waals surface area contributed by atoms with Gasteiger partial charge in [0, 0.05) is 13.7 Å². The van der Waals surface area contributed by atoms with Crippen molar-refractivity contribution in [2.75, 3.05) is 33.4 Å². The molecule has 1 amide bonds. The van der Waals surface area contributed by atoms with Crippen LogP contribution < -0.4 is 0 Å². The lowest BCUT2D eigenvalue weighted by molar-refractivity contribution is -0.132. The monoisotopic (exact) mass is 322 g/mol. The average molecular weight is 322 g/mol. The summed E-state index contributed by atoms with van der Waals surface area (Å²) in [5, 5.41) is 11.9. The van der Waals surface area contributed by atoms with E-state index in [1.807, 2.05) is 7.05 Å². The number of amides is 1. The van der Waals surface area contributed by atoms with Crippen LogP contribution in [-0.2, 0) is 22.6 Å². The van der Waals surface area contributed by atoms with E-state index < -0.39 is 0 Å². The molecule has 8 heteroatoms. The van der Waals surface area contributed by atoms with Crippen LogP contribution in [0.1, 0.15) is 32.0 Å². The molecule has 3 heterocycles. The number of ether oxygens (including phenoxy) is 1. The number of rotatable bonds is 5. The summed E-state index contributed by atoms with van der Waals surface area (Å²) in [6, 6.07) is 0.172. The molecule has 0 bridgehead atoms. The summed E-state index contributed by atoms with van der Waals surface area (Å²) in [6.07, 6.45) is 3.33. The predicted octanol–water partition coefficient (Wildman–Crippen LogP) is 0.152. The number of piperidine rings is 1. The summed E-state index contributed by atoms with van der Waals surface area (Å²) in [4.78, 5) is 16.6. The van der Waals surface area contributed by atoms with E-state index in [2.05, 4.69) is 27.3 Å². The first-order valence-corrected chi connectivity index (χ1v) is 8.44. The molecule has 8 nitrogen and oxygen atoms in total. The highest BCUT2D eigenvalue weighted by Crippen LogP contribution is 2.17. The summed E-state index contributed by atoms with van der Waals surface area (Å²) in [5.41, 5.74) is 0. The Balaban J connectivity index is 1.56. The van der Waals surface area contributed by atoms with Gasteiger partial charge in [-0.2, -0.15) is 0 Å². The Morgan fingerprint density at radius 3 is 2.83 bits per heavy atom. The normalized spacial score (nSPS) is 23.3. The summed E-state index contributed by atoms with van der Waals surface area (Å²) >= 11 is 0. The molecule has 0 radical (unpaired) electrons. The van der Waals surface area contributed by atoms with Crippen molar-refractivity contribution in [1.82, 2.24) is 30.0 Å². The van der Waals surface area contributed by atoms with Crippen LogP contribution >= 0.6 is 0 Å². The Bertz CT molecular complexity index is 520. The average Bonchev–Trinajstić information content (AvgIpc) is 3.21. The zero-order valence-electron chi connectivity index (χ0n) is 14.0. The molecule has 128 valence electrons. The molecule has 1 aromatic heterocycles. The number of likely N-dealkylation sites (N-methyl/N-ethyl adjacent to an activating group) is 1. The van der Waals surface area contributed by atoms with Crippen molar-refractivity contribution in [3.05, 3.63) is 5.82 Å². The fraction of sp³-hybridized carbons (Fsp3) is 0.867. The van der Waals surface area contributed by atoms with Crippen molar-refractivity contribution in [2.45, 2.75) is 45.3 Å². The molecule has 0 saturated carbocycles. The van der Waals surface area contributed by atoms with Crippen LogP contribution in [0, 0.1) is 5.92 Å². The molecular weight excluding hydrogens is 296 g/mol. The van der Waals surface area contributed by atoms with E-state index in [0.29, 0.717) is 13.2 Å². The molecule has 2 aliphatic rings. The van der Waals surface area contributed by atoms with Gasteiger partial charge in [0.25, 0.3) is 0 Å². The summed E-state index contributed by atoms with van der Waals surface area (Å²) in [7, 11) is 1.83. The second kappa shape index (κ2) is 7.35. The second-order valence-electron chi connectivity index (χ2n) is 6.73. The van der Waals surface area contributed by atoms with Crippen LogP contribution in [0.25, 0.3) is 0 Å². The maximum atomic E-state index is 12.4. The lowest BCUT2D eigenvalue weighted by Gasteiger charge is -2.29. The number of carbonyl (C=O) groups is 1. The minimum atomic E-state index is 0.0290. The molecule has 2 saturated heterocycles. The van der Waals surface area contributed by atoms with Crippen molar-refractivity contribution in [2.24, 2.45) is 5.92 Å². The lowest BCUT2D eigenvalue weighted by atomic mass is 9.99. The molecule has 0 aromatic carbocycles. The van der Waals surface area contributed by atoms with Crippen molar-refractivity contribution < 1.29 is 9.53 Å². The van der Waals surface area contributed by atoms with E-state index in [4.69, 9.17) is 4.74 Å². The van der Waals surface area contributed by atoms with Gasteiger partial charge in [0.1, 0.15) is 6.54 Å². The first-order chi connectivity index (χ1) is 11.1. The topological polar surface area (TPSA) is 76.4 Å². The Morgan fingerprint density at radius 1 is 1.35 bits per heavy atom. The van der Waals surface area contributed by atoms with Crippen LogP contribution in [0.4, 0.5) is 0 Å². The Kier molecular flexibility index (Phi) is 5.22. The van der Waals surface area contributed by atoms with Crippen molar-refractivity contribution >= 4 is 5.91 Å². The quantitative estimate of drug-likeness (QED) is 0.768. The number of likely N-dealkylation sites (tertiary alicyclic amines) is 1. The number of tetrazole rings is 1. The van der Waals surface area contributed by atoms with Gasteiger partial charge >= 0.3 is 0 Å². The number of nitrogens with zero attached hydrogens (tertiary/aromatic N) is 6. The molecule has 1 unspecified atom stereocenters. The number of carbonyl (C=O) groups excluding carboxylic acids is 1. The third-order valence-corrected chi connectivity index (χ3v) is 4.98. The third-order valence-electron chi connectivity index (χ3n) is 4.98. The van der Waals surface area contributed by atoms with E-state index >= 15 is 0 Å². The maximum Gasteiger partial charge on any atom is 0.244 e. The van der Waals surface area contributed by atoms with Gasteiger partial charge in [0.05, 0.1) is 19.2 Å². The van der Waals surface area contributed by atoms with Gasteiger partial charge < -0.3 is 9.64 Å². The molecule has 2 aliphatic heterocycles. The van der Waals surface area contributed by atoms with E-state index in [1.165, 1.54) is 12.8 Å². The fourth-order valence-corrected chi connectivity index (χ4v) is 3.15. The van der Waals surface area contributed by atoms with E-state index in [1.54, 1.807) is 9.58 Å². The smallest absolute Gasteiger partial charge is 0.244 e. The first kappa shape index (κ1) is 16.3. The van der Waals surface area contributed by atoms with Crippen molar-refractivity contribution in [3.63, 3.8) is 0 Å².